The zero-order chi connectivity index (χ0) is 14.0. The van der Waals surface area contributed by atoms with Gasteiger partial charge >= 0.3 is 0 Å². The summed E-state index contributed by atoms with van der Waals surface area (Å²) in [6.45, 7) is 3.83. The van der Waals surface area contributed by atoms with Gasteiger partial charge < -0.3 is 10.5 Å². The number of nitrogen functional groups attached to an aromatic ring is 1. The van der Waals surface area contributed by atoms with Gasteiger partial charge in [-0.15, -0.1) is 0 Å². The number of carbonyl (C=O) groups is 1. The molecular weight excluding hydrogens is 238 g/mol. The number of hydrogen-bond acceptors (Lipinski definition) is 3. The number of carbonyl (C=O) groups excluding carboxylic acids is 1. The predicted molar refractivity (Wildman–Crippen MR) is 76.8 cm³/mol. The van der Waals surface area contributed by atoms with Crippen molar-refractivity contribution in [1.82, 2.24) is 0 Å². The quantitative estimate of drug-likeness (QED) is 0.677. The highest BCUT2D eigenvalue weighted by Gasteiger charge is 2.15. The average Bonchev–Trinajstić information content (AvgIpc) is 2.38. The standard InChI is InChI=1S/C16H17NO2/c1-10-8-14(19-3)9-11(2)15(10)16(18)12-4-6-13(17)7-5-12/h4-9H,17H2,1-3H3. The fourth-order valence-corrected chi connectivity index (χ4v) is 2.18. The molecule has 0 aliphatic rings. The average molecular weight is 255 g/mol. The van der Waals surface area contributed by atoms with Crippen LogP contribution < -0.4 is 10.5 Å². The van der Waals surface area contributed by atoms with Gasteiger partial charge in [0.2, 0.25) is 0 Å². The van der Waals surface area contributed by atoms with Gasteiger partial charge in [0.05, 0.1) is 7.11 Å². The lowest BCUT2D eigenvalue weighted by molar-refractivity contribution is 0.103. The Hall–Kier alpha value is -2.29. The largest absolute Gasteiger partial charge is 0.497 e. The summed E-state index contributed by atoms with van der Waals surface area (Å²) in [4.78, 5) is 12.5. The van der Waals surface area contributed by atoms with Crippen molar-refractivity contribution in [2.75, 3.05) is 12.8 Å². The molecule has 2 N–H and O–H groups in total. The van der Waals surface area contributed by atoms with Crippen molar-refractivity contribution in [2.45, 2.75) is 13.8 Å². The molecule has 0 heterocycles. The molecule has 3 nitrogen and oxygen atoms in total. The van der Waals surface area contributed by atoms with Crippen molar-refractivity contribution in [2.24, 2.45) is 0 Å². The maximum Gasteiger partial charge on any atom is 0.193 e. The number of methoxy groups -OCH3 is 1. The number of ketones is 1. The van der Waals surface area contributed by atoms with Gasteiger partial charge in [-0.25, -0.2) is 0 Å². The molecule has 0 aliphatic heterocycles. The zero-order valence-corrected chi connectivity index (χ0v) is 11.4. The fourth-order valence-electron chi connectivity index (χ4n) is 2.18. The molecule has 0 spiro atoms. The SMILES string of the molecule is COc1cc(C)c(C(=O)c2ccc(N)cc2)c(C)c1. The lowest BCUT2D eigenvalue weighted by Crippen LogP contribution is -2.07. The Morgan fingerprint density at radius 2 is 1.58 bits per heavy atom. The molecule has 0 unspecified atom stereocenters. The van der Waals surface area contributed by atoms with Crippen LogP contribution in [0.15, 0.2) is 36.4 Å². The molecule has 2 aromatic rings. The summed E-state index contributed by atoms with van der Waals surface area (Å²) < 4.78 is 5.20. The van der Waals surface area contributed by atoms with E-state index in [1.54, 1.807) is 31.4 Å². The Kier molecular flexibility index (Phi) is 3.56. The highest BCUT2D eigenvalue weighted by atomic mass is 16.5. The topological polar surface area (TPSA) is 52.3 Å². The van der Waals surface area contributed by atoms with Crippen LogP contribution in [0.4, 0.5) is 5.69 Å². The summed E-state index contributed by atoms with van der Waals surface area (Å²) in [7, 11) is 1.62. The number of nitrogens with two attached hydrogens (primary N) is 1. The molecule has 2 aromatic carbocycles. The molecule has 0 fully saturated rings. The summed E-state index contributed by atoms with van der Waals surface area (Å²) in [5, 5.41) is 0. The van der Waals surface area contributed by atoms with E-state index in [9.17, 15) is 4.79 Å². The summed E-state index contributed by atoms with van der Waals surface area (Å²) in [5.74, 6) is 0.779. The molecule has 0 amide bonds. The number of anilines is 1. The molecule has 3 heteroatoms. The number of benzene rings is 2. The van der Waals surface area contributed by atoms with E-state index in [0.717, 1.165) is 22.4 Å². The van der Waals surface area contributed by atoms with Gasteiger partial charge in [-0.05, 0) is 61.4 Å². The van der Waals surface area contributed by atoms with Crippen LogP contribution in [0.3, 0.4) is 0 Å². The summed E-state index contributed by atoms with van der Waals surface area (Å²) in [6, 6.07) is 10.7. The molecule has 2 rings (SSSR count). The third kappa shape index (κ3) is 2.60. The van der Waals surface area contributed by atoms with Crippen LogP contribution in [0.2, 0.25) is 0 Å². The van der Waals surface area contributed by atoms with Gasteiger partial charge in [0.25, 0.3) is 0 Å². The van der Waals surface area contributed by atoms with E-state index in [4.69, 9.17) is 10.5 Å². The van der Waals surface area contributed by atoms with Crippen LogP contribution in [0.5, 0.6) is 5.75 Å². The van der Waals surface area contributed by atoms with E-state index in [1.807, 2.05) is 26.0 Å². The van der Waals surface area contributed by atoms with Crippen molar-refractivity contribution in [1.29, 1.82) is 0 Å². The Labute approximate surface area is 113 Å². The van der Waals surface area contributed by atoms with Crippen LogP contribution >= 0.6 is 0 Å². The van der Waals surface area contributed by atoms with Gasteiger partial charge in [0, 0.05) is 16.8 Å². The Morgan fingerprint density at radius 3 is 2.05 bits per heavy atom. The van der Waals surface area contributed by atoms with Crippen LogP contribution in [0.1, 0.15) is 27.0 Å². The van der Waals surface area contributed by atoms with E-state index in [-0.39, 0.29) is 5.78 Å². The summed E-state index contributed by atoms with van der Waals surface area (Å²) in [6.07, 6.45) is 0. The first-order valence-electron chi connectivity index (χ1n) is 6.08. The molecule has 19 heavy (non-hydrogen) atoms. The number of ether oxygens (including phenoxy) is 1. The van der Waals surface area contributed by atoms with E-state index < -0.39 is 0 Å². The predicted octanol–water partition coefficient (Wildman–Crippen LogP) is 3.13. The highest BCUT2D eigenvalue weighted by Crippen LogP contribution is 2.24. The van der Waals surface area contributed by atoms with Gasteiger partial charge in [-0.1, -0.05) is 0 Å². The van der Waals surface area contributed by atoms with Crippen molar-refractivity contribution >= 4 is 11.5 Å². The smallest absolute Gasteiger partial charge is 0.193 e. The number of aryl methyl sites for hydroxylation is 2. The second-order valence-corrected chi connectivity index (χ2v) is 4.59. The first kappa shape index (κ1) is 13.1. The third-order valence-corrected chi connectivity index (χ3v) is 3.14. The first-order chi connectivity index (χ1) is 9.02. The molecule has 0 saturated carbocycles. The number of rotatable bonds is 3. The normalized spacial score (nSPS) is 10.3. The molecule has 0 atom stereocenters. The number of hydrogen-bond donors (Lipinski definition) is 1. The van der Waals surface area contributed by atoms with E-state index >= 15 is 0 Å². The fraction of sp³-hybridized carbons (Fsp3) is 0.188. The molecule has 0 bridgehead atoms. The maximum atomic E-state index is 12.5. The third-order valence-electron chi connectivity index (χ3n) is 3.14. The van der Waals surface area contributed by atoms with Crippen LogP contribution in [-0.2, 0) is 0 Å². The van der Waals surface area contributed by atoms with Crippen LogP contribution in [0, 0.1) is 13.8 Å². The summed E-state index contributed by atoms with van der Waals surface area (Å²) >= 11 is 0. The van der Waals surface area contributed by atoms with Crippen molar-refractivity contribution in [3.63, 3.8) is 0 Å². The Balaban J connectivity index is 2.47. The molecule has 98 valence electrons. The molecule has 0 aliphatic carbocycles. The van der Waals surface area contributed by atoms with Gasteiger partial charge in [-0.2, -0.15) is 0 Å². The van der Waals surface area contributed by atoms with Gasteiger partial charge in [-0.3, -0.25) is 4.79 Å². The minimum absolute atomic E-state index is 0.0117. The minimum Gasteiger partial charge on any atom is -0.497 e. The highest BCUT2D eigenvalue weighted by molar-refractivity contribution is 6.11. The van der Waals surface area contributed by atoms with Crippen molar-refractivity contribution in [3.05, 3.63) is 58.7 Å². The second kappa shape index (κ2) is 5.14. The van der Waals surface area contributed by atoms with E-state index in [2.05, 4.69) is 0 Å². The van der Waals surface area contributed by atoms with Crippen molar-refractivity contribution < 1.29 is 9.53 Å². The van der Waals surface area contributed by atoms with Gasteiger partial charge in [0.1, 0.15) is 5.75 Å². The lowest BCUT2D eigenvalue weighted by atomic mass is 9.94. The van der Waals surface area contributed by atoms with Crippen molar-refractivity contribution in [3.8, 4) is 5.75 Å². The van der Waals surface area contributed by atoms with E-state index in [1.165, 1.54) is 0 Å². The van der Waals surface area contributed by atoms with Crippen LogP contribution in [0.25, 0.3) is 0 Å². The Bertz CT molecular complexity index is 592. The molecule has 0 saturated heterocycles. The van der Waals surface area contributed by atoms with Gasteiger partial charge in [0.15, 0.2) is 5.78 Å². The molecular formula is C16H17NO2. The molecule has 0 radical (unpaired) electrons. The minimum atomic E-state index is 0.0117. The van der Waals surface area contributed by atoms with E-state index in [0.29, 0.717) is 11.3 Å². The maximum absolute atomic E-state index is 12.5. The first-order valence-corrected chi connectivity index (χ1v) is 6.08. The zero-order valence-electron chi connectivity index (χ0n) is 11.4. The lowest BCUT2D eigenvalue weighted by Gasteiger charge is -2.11. The monoisotopic (exact) mass is 255 g/mol. The second-order valence-electron chi connectivity index (χ2n) is 4.59. The van der Waals surface area contributed by atoms with Crippen LogP contribution in [-0.4, -0.2) is 12.9 Å². The summed E-state index contributed by atoms with van der Waals surface area (Å²) in [5.41, 5.74) is 9.49. The molecule has 0 aromatic heterocycles. The Morgan fingerprint density at radius 1 is 1.05 bits per heavy atom.